The zero-order valence-electron chi connectivity index (χ0n) is 12.8. The lowest BCUT2D eigenvalue weighted by Gasteiger charge is -2.19. The first-order valence-corrected chi connectivity index (χ1v) is 9.09. The van der Waals surface area contributed by atoms with Gasteiger partial charge in [0.25, 0.3) is 16.1 Å². The van der Waals surface area contributed by atoms with Crippen LogP contribution in [0, 0.1) is 0 Å². The zero-order chi connectivity index (χ0) is 17.0. The monoisotopic (exact) mass is 360 g/mol. The standard InChI is InChI=1S/C14H17ClN2O5S/c1-10(18)5-6-17(7-8-21-23(2,19)20)14-16-12-9-11(15)3-4-13(12)22-14/h3-4,9H,5-8H2,1-2H3. The molecule has 0 saturated carbocycles. The summed E-state index contributed by atoms with van der Waals surface area (Å²) in [5.74, 6) is 0.0122. The second-order valence-electron chi connectivity index (χ2n) is 5.07. The zero-order valence-corrected chi connectivity index (χ0v) is 14.4. The number of carbonyl (C=O) groups is 1. The summed E-state index contributed by atoms with van der Waals surface area (Å²) >= 11 is 5.92. The van der Waals surface area contributed by atoms with Crippen molar-refractivity contribution in [3.63, 3.8) is 0 Å². The van der Waals surface area contributed by atoms with E-state index in [2.05, 4.69) is 4.98 Å². The predicted molar refractivity (Wildman–Crippen MR) is 87.3 cm³/mol. The molecule has 23 heavy (non-hydrogen) atoms. The summed E-state index contributed by atoms with van der Waals surface area (Å²) in [4.78, 5) is 17.2. The average Bonchev–Trinajstić information content (AvgIpc) is 2.83. The number of anilines is 1. The summed E-state index contributed by atoms with van der Waals surface area (Å²) in [5.41, 5.74) is 1.14. The van der Waals surface area contributed by atoms with Crippen LogP contribution in [0.15, 0.2) is 22.6 Å². The molecule has 0 unspecified atom stereocenters. The van der Waals surface area contributed by atoms with Gasteiger partial charge in [0.15, 0.2) is 5.58 Å². The van der Waals surface area contributed by atoms with E-state index < -0.39 is 10.1 Å². The van der Waals surface area contributed by atoms with Gasteiger partial charge in [0.1, 0.15) is 11.3 Å². The van der Waals surface area contributed by atoms with Crippen LogP contribution in [0.2, 0.25) is 5.02 Å². The van der Waals surface area contributed by atoms with Crippen molar-refractivity contribution in [2.75, 3.05) is 30.9 Å². The number of ketones is 1. The Morgan fingerprint density at radius 1 is 1.39 bits per heavy atom. The van der Waals surface area contributed by atoms with Crippen molar-refractivity contribution in [2.24, 2.45) is 0 Å². The number of rotatable bonds is 8. The average molecular weight is 361 g/mol. The highest BCUT2D eigenvalue weighted by molar-refractivity contribution is 7.85. The van der Waals surface area contributed by atoms with E-state index in [9.17, 15) is 13.2 Å². The first kappa shape index (κ1) is 17.7. The molecule has 0 aliphatic rings. The number of Topliss-reactive ketones (excluding diaryl/α,β-unsaturated/α-hetero) is 1. The molecule has 0 N–H and O–H groups in total. The normalized spacial score (nSPS) is 11.8. The fraction of sp³-hybridized carbons (Fsp3) is 0.429. The Hall–Kier alpha value is -1.64. The Labute approximate surface area is 139 Å². The third-order valence-corrected chi connectivity index (χ3v) is 3.83. The fourth-order valence-electron chi connectivity index (χ4n) is 1.92. The van der Waals surface area contributed by atoms with Crippen molar-refractivity contribution in [1.29, 1.82) is 0 Å². The maximum Gasteiger partial charge on any atom is 0.298 e. The van der Waals surface area contributed by atoms with Crippen LogP contribution >= 0.6 is 11.6 Å². The summed E-state index contributed by atoms with van der Waals surface area (Å²) in [6.45, 7) is 2.00. The highest BCUT2D eigenvalue weighted by atomic mass is 35.5. The second-order valence-corrected chi connectivity index (χ2v) is 7.15. The van der Waals surface area contributed by atoms with E-state index in [4.69, 9.17) is 20.2 Å². The number of oxazole rings is 1. The van der Waals surface area contributed by atoms with Crippen molar-refractivity contribution in [2.45, 2.75) is 13.3 Å². The Balaban J connectivity index is 2.17. The second kappa shape index (κ2) is 7.29. The molecule has 2 rings (SSSR count). The lowest BCUT2D eigenvalue weighted by molar-refractivity contribution is -0.116. The molecule has 126 valence electrons. The Morgan fingerprint density at radius 2 is 2.13 bits per heavy atom. The van der Waals surface area contributed by atoms with Crippen molar-refractivity contribution in [3.05, 3.63) is 23.2 Å². The highest BCUT2D eigenvalue weighted by Gasteiger charge is 2.16. The van der Waals surface area contributed by atoms with E-state index in [0.717, 1.165) is 6.26 Å². The molecule has 0 spiro atoms. The molecule has 0 aliphatic carbocycles. The lowest BCUT2D eigenvalue weighted by atomic mass is 10.3. The molecule has 0 fully saturated rings. The summed E-state index contributed by atoms with van der Waals surface area (Å²) < 4.78 is 32.5. The van der Waals surface area contributed by atoms with E-state index >= 15 is 0 Å². The smallest absolute Gasteiger partial charge is 0.298 e. The number of fused-ring (bicyclic) bond motifs is 1. The molecule has 9 heteroatoms. The van der Waals surface area contributed by atoms with Gasteiger partial charge in [-0.05, 0) is 25.1 Å². The van der Waals surface area contributed by atoms with Crippen LogP contribution in [0.25, 0.3) is 11.1 Å². The van der Waals surface area contributed by atoms with Gasteiger partial charge in [-0.25, -0.2) is 0 Å². The number of hydrogen-bond acceptors (Lipinski definition) is 7. The van der Waals surface area contributed by atoms with Crippen LogP contribution in [-0.4, -0.2) is 45.1 Å². The predicted octanol–water partition coefficient (Wildman–Crippen LogP) is 2.24. The largest absolute Gasteiger partial charge is 0.423 e. The molecular formula is C14H17ClN2O5S. The molecule has 2 aromatic rings. The van der Waals surface area contributed by atoms with Crippen molar-refractivity contribution in [3.8, 4) is 0 Å². The van der Waals surface area contributed by atoms with Gasteiger partial charge < -0.3 is 9.32 Å². The maximum atomic E-state index is 11.2. The molecule has 0 aliphatic heterocycles. The van der Waals surface area contributed by atoms with Crippen LogP contribution in [0.5, 0.6) is 0 Å². The van der Waals surface area contributed by atoms with Crippen LogP contribution in [-0.2, 0) is 19.1 Å². The SMILES string of the molecule is CC(=O)CCN(CCOS(C)(=O)=O)c1nc2cc(Cl)ccc2o1. The third-order valence-electron chi connectivity index (χ3n) is 3.00. The Kier molecular flexibility index (Phi) is 5.61. The minimum absolute atomic E-state index is 0.0122. The van der Waals surface area contributed by atoms with Gasteiger partial charge >= 0.3 is 0 Å². The lowest BCUT2D eigenvalue weighted by Crippen LogP contribution is -2.30. The first-order valence-electron chi connectivity index (χ1n) is 6.89. The highest BCUT2D eigenvalue weighted by Crippen LogP contribution is 2.24. The van der Waals surface area contributed by atoms with E-state index in [1.165, 1.54) is 6.92 Å². The third kappa shape index (κ3) is 5.49. The molecule has 0 saturated heterocycles. The van der Waals surface area contributed by atoms with Crippen LogP contribution in [0.1, 0.15) is 13.3 Å². The minimum Gasteiger partial charge on any atom is -0.423 e. The van der Waals surface area contributed by atoms with E-state index in [-0.39, 0.29) is 18.9 Å². The fourth-order valence-corrected chi connectivity index (χ4v) is 2.46. The van der Waals surface area contributed by atoms with Gasteiger partial charge in [0, 0.05) is 24.5 Å². The minimum atomic E-state index is -3.53. The van der Waals surface area contributed by atoms with Gasteiger partial charge in [-0.2, -0.15) is 13.4 Å². The number of carbonyl (C=O) groups excluding carboxylic acids is 1. The molecule has 1 aromatic heterocycles. The summed E-state index contributed by atoms with van der Waals surface area (Å²) in [6, 6.07) is 5.34. The molecule has 0 atom stereocenters. The van der Waals surface area contributed by atoms with E-state index in [1.54, 1.807) is 23.1 Å². The van der Waals surface area contributed by atoms with E-state index in [1.807, 2.05) is 0 Å². The molecule has 0 radical (unpaired) electrons. The topological polar surface area (TPSA) is 89.7 Å². The van der Waals surface area contributed by atoms with Crippen LogP contribution in [0.4, 0.5) is 6.01 Å². The Morgan fingerprint density at radius 3 is 2.78 bits per heavy atom. The summed E-state index contributed by atoms with van der Waals surface area (Å²) in [5, 5.41) is 0.535. The quantitative estimate of drug-likeness (QED) is 0.667. The van der Waals surface area contributed by atoms with Gasteiger partial charge in [0.05, 0.1) is 12.9 Å². The molecular weight excluding hydrogens is 344 g/mol. The van der Waals surface area contributed by atoms with Crippen molar-refractivity contribution in [1.82, 2.24) is 4.98 Å². The van der Waals surface area contributed by atoms with Crippen LogP contribution in [0.3, 0.4) is 0 Å². The summed E-state index contributed by atoms with van der Waals surface area (Å²) in [7, 11) is -3.53. The molecule has 1 heterocycles. The number of aromatic nitrogens is 1. The number of halogens is 1. The van der Waals surface area contributed by atoms with Gasteiger partial charge in [-0.15, -0.1) is 0 Å². The summed E-state index contributed by atoms with van der Waals surface area (Å²) in [6.07, 6.45) is 1.27. The van der Waals surface area contributed by atoms with Crippen molar-refractivity contribution < 1.29 is 21.8 Å². The van der Waals surface area contributed by atoms with Crippen molar-refractivity contribution >= 4 is 44.6 Å². The number of hydrogen-bond donors (Lipinski definition) is 0. The Bertz CT molecular complexity index is 803. The van der Waals surface area contributed by atoms with Gasteiger partial charge in [-0.1, -0.05) is 11.6 Å². The number of benzene rings is 1. The van der Waals surface area contributed by atoms with Gasteiger partial charge in [-0.3, -0.25) is 8.98 Å². The molecule has 1 aromatic carbocycles. The number of nitrogens with zero attached hydrogens (tertiary/aromatic N) is 2. The van der Waals surface area contributed by atoms with Gasteiger partial charge in [0.2, 0.25) is 0 Å². The first-order chi connectivity index (χ1) is 10.7. The van der Waals surface area contributed by atoms with Crippen LogP contribution < -0.4 is 4.90 Å². The molecule has 0 bridgehead atoms. The molecule has 7 nitrogen and oxygen atoms in total. The molecule has 0 amide bonds. The van der Waals surface area contributed by atoms with E-state index in [0.29, 0.717) is 35.1 Å². The maximum absolute atomic E-state index is 11.2.